The summed E-state index contributed by atoms with van der Waals surface area (Å²) in [5.74, 6) is 3.33. The highest BCUT2D eigenvalue weighted by molar-refractivity contribution is 14.0. The second-order valence-electron chi connectivity index (χ2n) is 6.43. The van der Waals surface area contributed by atoms with Crippen LogP contribution in [0.1, 0.15) is 43.7 Å². The molecule has 0 fully saturated rings. The fraction of sp³-hybridized carbons (Fsp3) is 0.500. The van der Waals surface area contributed by atoms with E-state index in [2.05, 4.69) is 34.6 Å². The first-order chi connectivity index (χ1) is 13.1. The number of ether oxygens (including phenoxy) is 2. The molecule has 1 aromatic carbocycles. The minimum atomic E-state index is 0. The topological polar surface area (TPSA) is 80.9 Å². The molecule has 0 aliphatic heterocycles. The first kappa shape index (κ1) is 24.1. The number of nitrogens with one attached hydrogen (secondary N) is 2. The van der Waals surface area contributed by atoms with Gasteiger partial charge in [-0.15, -0.1) is 24.0 Å². The van der Waals surface area contributed by atoms with Crippen molar-refractivity contribution in [2.45, 2.75) is 39.7 Å². The highest BCUT2D eigenvalue weighted by Crippen LogP contribution is 2.27. The van der Waals surface area contributed by atoms with E-state index in [1.54, 1.807) is 14.2 Å². The van der Waals surface area contributed by atoms with Crippen LogP contribution in [0.25, 0.3) is 0 Å². The third kappa shape index (κ3) is 7.21. The molecule has 0 bridgehead atoms. The Morgan fingerprint density at radius 1 is 1.14 bits per heavy atom. The summed E-state index contributed by atoms with van der Waals surface area (Å²) in [4.78, 5) is 4.56. The summed E-state index contributed by atoms with van der Waals surface area (Å²) in [5, 5.41) is 10.6. The molecule has 0 amide bonds. The average molecular weight is 502 g/mol. The van der Waals surface area contributed by atoms with Gasteiger partial charge in [0.2, 0.25) is 0 Å². The number of aromatic nitrogens is 1. The maximum atomic E-state index is 5.35. The largest absolute Gasteiger partial charge is 0.493 e. The van der Waals surface area contributed by atoms with E-state index in [9.17, 15) is 0 Å². The molecule has 0 saturated heterocycles. The zero-order chi connectivity index (χ0) is 19.6. The van der Waals surface area contributed by atoms with Crippen molar-refractivity contribution in [1.29, 1.82) is 0 Å². The first-order valence-corrected chi connectivity index (χ1v) is 9.25. The van der Waals surface area contributed by atoms with Crippen molar-refractivity contribution in [3.63, 3.8) is 0 Å². The van der Waals surface area contributed by atoms with Crippen LogP contribution in [0.4, 0.5) is 0 Å². The summed E-state index contributed by atoms with van der Waals surface area (Å²) >= 11 is 0. The molecule has 7 nitrogen and oxygen atoms in total. The van der Waals surface area contributed by atoms with Crippen LogP contribution < -0.4 is 20.1 Å². The third-order valence-electron chi connectivity index (χ3n) is 4.06. The predicted octanol–water partition coefficient (Wildman–Crippen LogP) is 3.73. The zero-order valence-electron chi connectivity index (χ0n) is 17.2. The molecule has 0 atom stereocenters. The molecule has 0 spiro atoms. The smallest absolute Gasteiger partial charge is 0.191 e. The molecule has 0 unspecified atom stereocenters. The van der Waals surface area contributed by atoms with Crippen LogP contribution in [0.15, 0.2) is 33.8 Å². The molecule has 0 radical (unpaired) electrons. The number of rotatable bonds is 9. The van der Waals surface area contributed by atoms with Crippen molar-refractivity contribution in [2.75, 3.05) is 27.3 Å². The van der Waals surface area contributed by atoms with E-state index >= 15 is 0 Å². The summed E-state index contributed by atoms with van der Waals surface area (Å²) in [6.45, 7) is 8.20. The summed E-state index contributed by atoms with van der Waals surface area (Å²) in [6.07, 6.45) is 0.838. The Morgan fingerprint density at radius 2 is 1.89 bits per heavy atom. The molecule has 28 heavy (non-hydrogen) atoms. The van der Waals surface area contributed by atoms with Crippen LogP contribution in [-0.4, -0.2) is 38.4 Å². The molecule has 1 aromatic heterocycles. The van der Waals surface area contributed by atoms with E-state index in [0.717, 1.165) is 54.0 Å². The fourth-order valence-electron chi connectivity index (χ4n) is 2.54. The minimum absolute atomic E-state index is 0. The Kier molecular flexibility index (Phi) is 10.7. The lowest BCUT2D eigenvalue weighted by atomic mass is 10.1. The van der Waals surface area contributed by atoms with E-state index in [-0.39, 0.29) is 24.0 Å². The lowest BCUT2D eigenvalue weighted by Gasteiger charge is -2.12. The van der Waals surface area contributed by atoms with Gasteiger partial charge in [0.15, 0.2) is 23.2 Å². The monoisotopic (exact) mass is 502 g/mol. The molecule has 0 aliphatic rings. The Bertz CT molecular complexity index is 747. The van der Waals surface area contributed by atoms with Crippen LogP contribution in [0.2, 0.25) is 0 Å². The molecular formula is C20H31IN4O3. The van der Waals surface area contributed by atoms with Crippen molar-refractivity contribution >= 4 is 29.9 Å². The molecule has 0 saturated carbocycles. The van der Waals surface area contributed by atoms with E-state index in [0.29, 0.717) is 12.5 Å². The van der Waals surface area contributed by atoms with E-state index < -0.39 is 0 Å². The Morgan fingerprint density at radius 3 is 2.50 bits per heavy atom. The maximum absolute atomic E-state index is 5.35. The van der Waals surface area contributed by atoms with Gasteiger partial charge in [-0.25, -0.2) is 4.99 Å². The van der Waals surface area contributed by atoms with Crippen molar-refractivity contribution < 1.29 is 14.0 Å². The quantitative estimate of drug-likeness (QED) is 0.309. The van der Waals surface area contributed by atoms with Gasteiger partial charge in [0.05, 0.1) is 19.9 Å². The molecule has 156 valence electrons. The highest BCUT2D eigenvalue weighted by atomic mass is 127. The van der Waals surface area contributed by atoms with Crippen molar-refractivity contribution in [1.82, 2.24) is 15.8 Å². The molecule has 2 N–H and O–H groups in total. The van der Waals surface area contributed by atoms with E-state index in [4.69, 9.17) is 14.0 Å². The average Bonchev–Trinajstić information content (AvgIpc) is 3.15. The van der Waals surface area contributed by atoms with Gasteiger partial charge in [0.25, 0.3) is 0 Å². The number of methoxy groups -OCH3 is 2. The second kappa shape index (κ2) is 12.5. The van der Waals surface area contributed by atoms with Gasteiger partial charge in [-0.3, -0.25) is 0 Å². The van der Waals surface area contributed by atoms with Gasteiger partial charge in [0, 0.05) is 19.2 Å². The maximum Gasteiger partial charge on any atom is 0.191 e. The number of nitrogens with zero attached hydrogens (tertiary/aromatic N) is 2. The van der Waals surface area contributed by atoms with Gasteiger partial charge in [-0.1, -0.05) is 25.1 Å². The van der Waals surface area contributed by atoms with Crippen molar-refractivity contribution in [2.24, 2.45) is 4.99 Å². The zero-order valence-corrected chi connectivity index (χ0v) is 19.6. The summed E-state index contributed by atoms with van der Waals surface area (Å²) in [7, 11) is 3.28. The van der Waals surface area contributed by atoms with E-state index in [1.165, 1.54) is 0 Å². The Labute approximate surface area is 184 Å². The first-order valence-electron chi connectivity index (χ1n) is 9.25. The SMILES string of the molecule is CCNC(=NCc1cc(C(C)C)no1)NCCc1ccc(OC)c(OC)c1.I. The summed E-state index contributed by atoms with van der Waals surface area (Å²) < 4.78 is 16.0. The van der Waals surface area contributed by atoms with Crippen LogP contribution >= 0.6 is 24.0 Å². The summed E-state index contributed by atoms with van der Waals surface area (Å²) in [5.41, 5.74) is 2.11. The molecule has 2 aromatic rings. The van der Waals surface area contributed by atoms with Crippen LogP contribution in [0.5, 0.6) is 11.5 Å². The third-order valence-corrected chi connectivity index (χ3v) is 4.06. The standard InChI is InChI=1S/C20H30N4O3.HI/c1-6-21-20(23-13-16-12-17(14(2)3)24-27-16)22-10-9-15-7-8-18(25-4)19(11-15)26-5;/h7-8,11-12,14H,6,9-10,13H2,1-5H3,(H2,21,22,23);1H. The van der Waals surface area contributed by atoms with Gasteiger partial charge < -0.3 is 24.6 Å². The molecule has 8 heteroatoms. The normalized spacial score (nSPS) is 11.1. The lowest BCUT2D eigenvalue weighted by molar-refractivity contribution is 0.354. The number of halogens is 1. The number of guanidine groups is 1. The molecule has 1 heterocycles. The number of hydrogen-bond acceptors (Lipinski definition) is 5. The molecular weight excluding hydrogens is 471 g/mol. The molecule has 0 aliphatic carbocycles. The predicted molar refractivity (Wildman–Crippen MR) is 122 cm³/mol. The number of hydrogen-bond donors (Lipinski definition) is 2. The second-order valence-corrected chi connectivity index (χ2v) is 6.43. The summed E-state index contributed by atoms with van der Waals surface area (Å²) in [6, 6.07) is 7.91. The van der Waals surface area contributed by atoms with Gasteiger partial charge >= 0.3 is 0 Å². The minimum Gasteiger partial charge on any atom is -0.493 e. The number of benzene rings is 1. The van der Waals surface area contributed by atoms with Gasteiger partial charge in [-0.2, -0.15) is 0 Å². The lowest BCUT2D eigenvalue weighted by Crippen LogP contribution is -2.38. The van der Waals surface area contributed by atoms with Crippen LogP contribution in [0, 0.1) is 0 Å². The van der Waals surface area contributed by atoms with E-state index in [1.807, 2.05) is 31.2 Å². The van der Waals surface area contributed by atoms with Gasteiger partial charge in [-0.05, 0) is 37.0 Å². The number of aliphatic imine (C=N–C) groups is 1. The fourth-order valence-corrected chi connectivity index (χ4v) is 2.54. The van der Waals surface area contributed by atoms with Gasteiger partial charge in [0.1, 0.15) is 6.54 Å². The Balaban J connectivity index is 0.00000392. The Hall–Kier alpha value is -1.97. The van der Waals surface area contributed by atoms with Crippen molar-refractivity contribution in [3.8, 4) is 11.5 Å². The van der Waals surface area contributed by atoms with Crippen LogP contribution in [0.3, 0.4) is 0 Å². The molecule has 2 rings (SSSR count). The highest BCUT2D eigenvalue weighted by Gasteiger charge is 2.08. The van der Waals surface area contributed by atoms with Crippen LogP contribution in [-0.2, 0) is 13.0 Å². The van der Waals surface area contributed by atoms with Crippen molar-refractivity contribution in [3.05, 3.63) is 41.3 Å².